The van der Waals surface area contributed by atoms with E-state index in [9.17, 15) is 4.39 Å². The molecule has 0 fully saturated rings. The van der Waals surface area contributed by atoms with Gasteiger partial charge in [-0.05, 0) is 30.2 Å². The summed E-state index contributed by atoms with van der Waals surface area (Å²) in [6, 6.07) is 16.6. The molecular formula is C21H25FN6. The number of aromatic nitrogens is 3. The van der Waals surface area contributed by atoms with Crippen molar-refractivity contribution in [2.45, 2.75) is 26.6 Å². The molecule has 28 heavy (non-hydrogen) atoms. The number of aliphatic imine (C=N–C) groups is 1. The summed E-state index contributed by atoms with van der Waals surface area (Å²) in [7, 11) is 3.90. The Balaban J connectivity index is 1.74. The lowest BCUT2D eigenvalue weighted by Crippen LogP contribution is -2.38. The molecule has 0 spiro atoms. The van der Waals surface area contributed by atoms with Crippen molar-refractivity contribution in [1.82, 2.24) is 25.0 Å². The molecule has 0 atom stereocenters. The molecule has 0 aliphatic heterocycles. The van der Waals surface area contributed by atoms with Crippen molar-refractivity contribution >= 4 is 5.96 Å². The van der Waals surface area contributed by atoms with E-state index in [1.165, 1.54) is 12.1 Å². The molecule has 0 saturated heterocycles. The van der Waals surface area contributed by atoms with Crippen molar-refractivity contribution in [3.63, 3.8) is 0 Å². The van der Waals surface area contributed by atoms with Crippen LogP contribution in [0.5, 0.6) is 0 Å². The van der Waals surface area contributed by atoms with Crippen LogP contribution in [0.3, 0.4) is 0 Å². The minimum absolute atomic E-state index is 0.236. The minimum Gasteiger partial charge on any atom is -0.349 e. The van der Waals surface area contributed by atoms with Crippen LogP contribution in [0.4, 0.5) is 4.39 Å². The van der Waals surface area contributed by atoms with Gasteiger partial charge in [-0.2, -0.15) is 0 Å². The number of aryl methyl sites for hydroxylation is 1. The smallest absolute Gasteiger partial charge is 0.194 e. The highest BCUT2D eigenvalue weighted by atomic mass is 19.1. The summed E-state index contributed by atoms with van der Waals surface area (Å²) < 4.78 is 15.1. The van der Waals surface area contributed by atoms with Gasteiger partial charge in [0.15, 0.2) is 11.8 Å². The lowest BCUT2D eigenvalue weighted by molar-refractivity contribution is 0.471. The van der Waals surface area contributed by atoms with Gasteiger partial charge in [0, 0.05) is 20.6 Å². The average molecular weight is 380 g/mol. The topological polar surface area (TPSA) is 58.3 Å². The van der Waals surface area contributed by atoms with Gasteiger partial charge >= 0.3 is 0 Å². The predicted molar refractivity (Wildman–Crippen MR) is 108 cm³/mol. The molecule has 2 aromatic carbocycles. The van der Waals surface area contributed by atoms with Crippen LogP contribution in [-0.4, -0.2) is 32.7 Å². The van der Waals surface area contributed by atoms with Crippen LogP contribution in [0.15, 0.2) is 59.6 Å². The number of rotatable bonds is 6. The molecule has 0 saturated carbocycles. The Labute approximate surface area is 164 Å². The molecule has 6 nitrogen and oxygen atoms in total. The Morgan fingerprint density at radius 1 is 1.07 bits per heavy atom. The fraction of sp³-hybridized carbons (Fsp3) is 0.286. The fourth-order valence-electron chi connectivity index (χ4n) is 2.76. The number of nitrogens with one attached hydrogen (secondary N) is 1. The van der Waals surface area contributed by atoms with Crippen molar-refractivity contribution in [1.29, 1.82) is 0 Å². The molecule has 0 aliphatic carbocycles. The van der Waals surface area contributed by atoms with Gasteiger partial charge in [0.25, 0.3) is 0 Å². The molecule has 7 heteroatoms. The summed E-state index contributed by atoms with van der Waals surface area (Å²) in [5.74, 6) is 2.20. The van der Waals surface area contributed by atoms with Crippen LogP contribution in [0.1, 0.15) is 22.8 Å². The van der Waals surface area contributed by atoms with E-state index in [0.29, 0.717) is 19.6 Å². The van der Waals surface area contributed by atoms with Gasteiger partial charge in [-0.15, -0.1) is 10.2 Å². The zero-order valence-corrected chi connectivity index (χ0v) is 16.4. The Bertz CT molecular complexity index is 918. The quantitative estimate of drug-likeness (QED) is 0.528. The summed E-state index contributed by atoms with van der Waals surface area (Å²) in [6.07, 6.45) is 0. The predicted octanol–water partition coefficient (Wildman–Crippen LogP) is 3.04. The van der Waals surface area contributed by atoms with Gasteiger partial charge < -0.3 is 14.8 Å². The molecule has 146 valence electrons. The zero-order chi connectivity index (χ0) is 19.9. The van der Waals surface area contributed by atoms with E-state index in [2.05, 4.69) is 15.5 Å². The van der Waals surface area contributed by atoms with Gasteiger partial charge in [-0.1, -0.05) is 42.5 Å². The largest absolute Gasteiger partial charge is 0.349 e. The highest BCUT2D eigenvalue weighted by Crippen LogP contribution is 2.07. The summed E-state index contributed by atoms with van der Waals surface area (Å²) in [5.41, 5.74) is 2.14. The summed E-state index contributed by atoms with van der Waals surface area (Å²) in [5, 5.41) is 11.7. The van der Waals surface area contributed by atoms with Crippen molar-refractivity contribution in [2.24, 2.45) is 12.0 Å². The van der Waals surface area contributed by atoms with Crippen molar-refractivity contribution < 1.29 is 4.39 Å². The van der Waals surface area contributed by atoms with E-state index < -0.39 is 0 Å². The molecule has 0 unspecified atom stereocenters. The van der Waals surface area contributed by atoms with E-state index in [-0.39, 0.29) is 5.82 Å². The van der Waals surface area contributed by atoms with E-state index >= 15 is 0 Å². The van der Waals surface area contributed by atoms with Gasteiger partial charge in [-0.25, -0.2) is 9.38 Å². The Morgan fingerprint density at radius 2 is 1.79 bits per heavy atom. The second kappa shape index (κ2) is 9.12. The number of hydrogen-bond donors (Lipinski definition) is 1. The molecule has 0 aliphatic rings. The number of halogens is 1. The number of guanidine groups is 1. The van der Waals surface area contributed by atoms with Crippen LogP contribution in [0, 0.1) is 12.7 Å². The molecule has 1 heterocycles. The second-order valence-electron chi connectivity index (χ2n) is 6.68. The third kappa shape index (κ3) is 5.16. The lowest BCUT2D eigenvalue weighted by atomic mass is 10.2. The highest BCUT2D eigenvalue weighted by Gasteiger charge is 2.11. The standard InChI is InChI=1S/C21H25FN6/c1-16-25-26-20(28(16)3)14-24-21(23-13-17-7-5-4-6-8-17)27(2)15-18-9-11-19(22)12-10-18/h4-12H,13-15H2,1-3H3,(H,23,24). The van der Waals surface area contributed by atoms with Crippen LogP contribution >= 0.6 is 0 Å². The summed E-state index contributed by atoms with van der Waals surface area (Å²) in [4.78, 5) is 6.77. The van der Waals surface area contributed by atoms with E-state index in [4.69, 9.17) is 4.99 Å². The zero-order valence-electron chi connectivity index (χ0n) is 16.4. The maximum absolute atomic E-state index is 13.2. The summed E-state index contributed by atoms with van der Waals surface area (Å²) in [6.45, 7) is 3.60. The SMILES string of the molecule is Cc1nnc(CNC(=NCc2ccccc2)N(C)Cc2ccc(F)cc2)n1C. The van der Waals surface area contributed by atoms with Crippen LogP contribution < -0.4 is 5.32 Å². The van der Waals surface area contributed by atoms with Crippen LogP contribution in [-0.2, 0) is 26.7 Å². The third-order valence-corrected chi connectivity index (χ3v) is 4.54. The summed E-state index contributed by atoms with van der Waals surface area (Å²) >= 11 is 0. The van der Waals surface area contributed by atoms with Gasteiger partial charge in [0.05, 0.1) is 13.1 Å². The van der Waals surface area contributed by atoms with Crippen molar-refractivity contribution in [2.75, 3.05) is 7.05 Å². The third-order valence-electron chi connectivity index (χ3n) is 4.54. The normalized spacial score (nSPS) is 11.5. The maximum atomic E-state index is 13.2. The van der Waals surface area contributed by atoms with Gasteiger partial charge in [0.1, 0.15) is 11.6 Å². The Morgan fingerprint density at radius 3 is 2.43 bits per heavy atom. The van der Waals surface area contributed by atoms with Crippen LogP contribution in [0.2, 0.25) is 0 Å². The molecule has 1 N–H and O–H groups in total. The molecule has 3 rings (SSSR count). The maximum Gasteiger partial charge on any atom is 0.194 e. The molecule has 3 aromatic rings. The highest BCUT2D eigenvalue weighted by molar-refractivity contribution is 5.79. The Hall–Kier alpha value is -3.22. The monoisotopic (exact) mass is 380 g/mol. The number of nitrogens with zero attached hydrogens (tertiary/aromatic N) is 5. The first-order chi connectivity index (χ1) is 13.5. The molecule has 0 bridgehead atoms. The molecule has 0 radical (unpaired) electrons. The van der Waals surface area contributed by atoms with Gasteiger partial charge in [0.2, 0.25) is 0 Å². The van der Waals surface area contributed by atoms with Gasteiger partial charge in [-0.3, -0.25) is 0 Å². The number of hydrogen-bond acceptors (Lipinski definition) is 3. The first kappa shape index (κ1) is 19.5. The minimum atomic E-state index is -0.236. The first-order valence-electron chi connectivity index (χ1n) is 9.15. The van der Waals surface area contributed by atoms with Crippen molar-refractivity contribution in [3.8, 4) is 0 Å². The molecule has 0 amide bonds. The molecular weight excluding hydrogens is 355 g/mol. The van der Waals surface area contributed by atoms with E-state index in [0.717, 1.165) is 28.7 Å². The van der Waals surface area contributed by atoms with Crippen LogP contribution in [0.25, 0.3) is 0 Å². The fourth-order valence-corrected chi connectivity index (χ4v) is 2.76. The second-order valence-corrected chi connectivity index (χ2v) is 6.68. The van der Waals surface area contributed by atoms with Crippen molar-refractivity contribution in [3.05, 3.63) is 83.2 Å². The molecule has 1 aromatic heterocycles. The average Bonchev–Trinajstić information content (AvgIpc) is 3.02. The van der Waals surface area contributed by atoms with E-state index in [1.54, 1.807) is 12.1 Å². The first-order valence-corrected chi connectivity index (χ1v) is 9.15. The van der Waals surface area contributed by atoms with E-state index in [1.807, 2.05) is 60.8 Å². The lowest BCUT2D eigenvalue weighted by Gasteiger charge is -2.22. The number of benzene rings is 2. The Kier molecular flexibility index (Phi) is 6.37.